The van der Waals surface area contributed by atoms with Crippen molar-refractivity contribution in [2.45, 2.75) is 148 Å². The Labute approximate surface area is 358 Å². The van der Waals surface area contributed by atoms with Crippen LogP contribution >= 0.6 is 7.82 Å². The van der Waals surface area contributed by atoms with Crippen LogP contribution < -0.4 is 5.73 Å². The number of carbonyl (C=O) groups excluding carboxylic acids is 2. The number of carbonyl (C=O) groups is 2. The molecule has 0 heterocycles. The van der Waals surface area contributed by atoms with E-state index in [9.17, 15) is 19.0 Å². The smallest absolute Gasteiger partial charge is 0.462 e. The number of allylic oxidation sites excluding steroid dienone is 20. The number of esters is 2. The molecule has 0 aromatic carbocycles. The fraction of sp³-hybridized carbons (Fsp3) is 0.551. The molecule has 0 rings (SSSR count). The molecule has 0 saturated heterocycles. The molecule has 0 aliphatic rings. The SMILES string of the molecule is CCCCCC=CCC=CCC=CCC=CCC=CCCC(=O)OC[C@H](COP(=O)(O)OCCN)OC(=O)CCC=CCC=CCC=CCC=CCC=CCCCCC. The molecule has 2 atom stereocenters. The van der Waals surface area contributed by atoms with E-state index in [0.717, 1.165) is 51.4 Å². The molecule has 0 spiro atoms. The highest BCUT2D eigenvalue weighted by Gasteiger charge is 2.25. The van der Waals surface area contributed by atoms with Crippen LogP contribution in [0.3, 0.4) is 0 Å². The average Bonchev–Trinajstić information content (AvgIpc) is 3.22. The summed E-state index contributed by atoms with van der Waals surface area (Å²) in [5.41, 5.74) is 5.34. The molecule has 0 aliphatic carbocycles. The van der Waals surface area contributed by atoms with Gasteiger partial charge in [-0.2, -0.15) is 0 Å². The maximum Gasteiger partial charge on any atom is 0.472 e. The monoisotopic (exact) mass is 840 g/mol. The highest BCUT2D eigenvalue weighted by Crippen LogP contribution is 2.43. The van der Waals surface area contributed by atoms with E-state index in [2.05, 4.69) is 111 Å². The van der Waals surface area contributed by atoms with Gasteiger partial charge < -0.3 is 20.1 Å². The standard InChI is InChI=1S/C49H78NO8P/c1-3-5-7-9-11-13-15-17-19-21-23-25-27-29-31-33-35-37-39-41-48(51)55-45-47(46-57-59(53,54)56-44-43-50)58-49(52)42-40-38-36-34-32-30-28-26-24-22-20-18-16-14-12-10-8-6-4-2/h11-14,17-20,23-26,29-32,35-38,47H,3-10,15-16,21-22,27-28,33-34,39-46,50H2,1-2H3,(H,53,54)/t47-/m1/s1. The van der Waals surface area contributed by atoms with Crippen LogP contribution in [-0.4, -0.2) is 49.3 Å². The van der Waals surface area contributed by atoms with Crippen LogP contribution in [0.1, 0.15) is 142 Å². The Morgan fingerprint density at radius 3 is 1.24 bits per heavy atom. The first-order valence-electron chi connectivity index (χ1n) is 22.0. The van der Waals surface area contributed by atoms with Crippen LogP contribution in [0.2, 0.25) is 0 Å². The third-order valence-corrected chi connectivity index (χ3v) is 9.33. The summed E-state index contributed by atoms with van der Waals surface area (Å²) in [6, 6.07) is 0. The minimum Gasteiger partial charge on any atom is -0.462 e. The first kappa shape index (κ1) is 55.4. The molecule has 1 unspecified atom stereocenters. The van der Waals surface area contributed by atoms with E-state index in [1.54, 1.807) is 0 Å². The molecule has 0 bridgehead atoms. The number of phosphoric acid groups is 1. The Kier molecular flexibility index (Phi) is 41.3. The number of rotatable bonds is 39. The van der Waals surface area contributed by atoms with Crippen LogP contribution in [0.25, 0.3) is 0 Å². The van der Waals surface area contributed by atoms with E-state index in [1.807, 2.05) is 24.3 Å². The zero-order valence-electron chi connectivity index (χ0n) is 36.4. The topological polar surface area (TPSA) is 134 Å². The molecular weight excluding hydrogens is 762 g/mol. The number of nitrogens with two attached hydrogens (primary N) is 1. The summed E-state index contributed by atoms with van der Waals surface area (Å²) >= 11 is 0. The Bertz CT molecular complexity index is 1370. The van der Waals surface area contributed by atoms with Crippen molar-refractivity contribution in [1.29, 1.82) is 0 Å². The van der Waals surface area contributed by atoms with Crippen LogP contribution in [0, 0.1) is 0 Å². The van der Waals surface area contributed by atoms with Crippen LogP contribution in [0.15, 0.2) is 122 Å². The van der Waals surface area contributed by atoms with Gasteiger partial charge in [-0.1, -0.05) is 161 Å². The van der Waals surface area contributed by atoms with E-state index in [4.69, 9.17) is 24.3 Å². The van der Waals surface area contributed by atoms with Gasteiger partial charge in [-0.25, -0.2) is 4.57 Å². The summed E-state index contributed by atoms with van der Waals surface area (Å²) in [4.78, 5) is 34.8. The minimum absolute atomic E-state index is 0.0257. The first-order chi connectivity index (χ1) is 28.8. The second-order valence-electron chi connectivity index (χ2n) is 13.8. The van der Waals surface area contributed by atoms with Gasteiger partial charge in [-0.05, 0) is 89.9 Å². The normalized spacial score (nSPS) is 14.4. The first-order valence-corrected chi connectivity index (χ1v) is 23.5. The quantitative estimate of drug-likeness (QED) is 0.0268. The van der Waals surface area contributed by atoms with Gasteiger partial charge in [0.15, 0.2) is 6.10 Å². The predicted molar refractivity (Wildman–Crippen MR) is 247 cm³/mol. The molecule has 0 radical (unpaired) electrons. The van der Waals surface area contributed by atoms with Crippen molar-refractivity contribution in [1.82, 2.24) is 0 Å². The Balaban J connectivity index is 4.43. The van der Waals surface area contributed by atoms with Crippen molar-refractivity contribution in [2.24, 2.45) is 5.73 Å². The van der Waals surface area contributed by atoms with E-state index in [-0.39, 0.29) is 32.6 Å². The average molecular weight is 840 g/mol. The molecular formula is C49H78NO8P. The second kappa shape index (κ2) is 44.0. The Morgan fingerprint density at radius 2 is 0.864 bits per heavy atom. The van der Waals surface area contributed by atoms with E-state index in [0.29, 0.717) is 12.8 Å². The Morgan fingerprint density at radius 1 is 0.508 bits per heavy atom. The van der Waals surface area contributed by atoms with E-state index >= 15 is 0 Å². The molecule has 10 heteroatoms. The molecule has 59 heavy (non-hydrogen) atoms. The van der Waals surface area contributed by atoms with Gasteiger partial charge in [0.2, 0.25) is 0 Å². The summed E-state index contributed by atoms with van der Waals surface area (Å²) in [6.07, 6.45) is 59.7. The fourth-order valence-electron chi connectivity index (χ4n) is 5.07. The van der Waals surface area contributed by atoms with E-state index < -0.39 is 32.5 Å². The van der Waals surface area contributed by atoms with Crippen molar-refractivity contribution in [3.63, 3.8) is 0 Å². The molecule has 0 aliphatic heterocycles. The molecule has 0 aromatic rings. The van der Waals surface area contributed by atoms with Crippen molar-refractivity contribution in [3.8, 4) is 0 Å². The molecule has 0 fully saturated rings. The number of ether oxygens (including phenoxy) is 2. The second-order valence-corrected chi connectivity index (χ2v) is 15.3. The van der Waals surface area contributed by atoms with Crippen molar-refractivity contribution in [2.75, 3.05) is 26.4 Å². The van der Waals surface area contributed by atoms with E-state index in [1.165, 1.54) is 51.4 Å². The molecule has 0 saturated carbocycles. The van der Waals surface area contributed by atoms with Gasteiger partial charge in [0.25, 0.3) is 0 Å². The van der Waals surface area contributed by atoms with Crippen molar-refractivity contribution in [3.05, 3.63) is 122 Å². The number of unbranched alkanes of at least 4 members (excludes halogenated alkanes) is 6. The van der Waals surface area contributed by atoms with Crippen molar-refractivity contribution >= 4 is 19.8 Å². The molecule has 9 nitrogen and oxygen atoms in total. The lowest BCUT2D eigenvalue weighted by atomic mass is 10.2. The lowest BCUT2D eigenvalue weighted by Gasteiger charge is -2.19. The third kappa shape index (κ3) is 43.8. The summed E-state index contributed by atoms with van der Waals surface area (Å²) in [5, 5.41) is 0. The number of hydrogen-bond donors (Lipinski definition) is 2. The molecule has 3 N–H and O–H groups in total. The van der Waals surface area contributed by atoms with Crippen LogP contribution in [0.5, 0.6) is 0 Å². The van der Waals surface area contributed by atoms with Gasteiger partial charge in [-0.3, -0.25) is 18.6 Å². The molecule has 0 amide bonds. The lowest BCUT2D eigenvalue weighted by Crippen LogP contribution is -2.29. The highest BCUT2D eigenvalue weighted by atomic mass is 31.2. The largest absolute Gasteiger partial charge is 0.472 e. The minimum atomic E-state index is -4.42. The lowest BCUT2D eigenvalue weighted by molar-refractivity contribution is -0.161. The van der Waals surface area contributed by atoms with Gasteiger partial charge in [0.05, 0.1) is 13.2 Å². The zero-order valence-corrected chi connectivity index (χ0v) is 37.3. The third-order valence-electron chi connectivity index (χ3n) is 8.35. The van der Waals surface area contributed by atoms with Crippen molar-refractivity contribution < 1.29 is 37.6 Å². The van der Waals surface area contributed by atoms with Gasteiger partial charge in [-0.15, -0.1) is 0 Å². The summed E-state index contributed by atoms with van der Waals surface area (Å²) in [6.45, 7) is 3.47. The number of phosphoric ester groups is 1. The zero-order chi connectivity index (χ0) is 43.2. The summed E-state index contributed by atoms with van der Waals surface area (Å²) in [7, 11) is -4.42. The van der Waals surface area contributed by atoms with Gasteiger partial charge >= 0.3 is 19.8 Å². The fourth-order valence-corrected chi connectivity index (χ4v) is 5.83. The number of hydrogen-bond acceptors (Lipinski definition) is 8. The molecule has 0 aromatic heterocycles. The highest BCUT2D eigenvalue weighted by molar-refractivity contribution is 7.47. The predicted octanol–water partition coefficient (Wildman–Crippen LogP) is 12.9. The maximum atomic E-state index is 12.6. The van der Waals surface area contributed by atoms with Gasteiger partial charge in [0.1, 0.15) is 6.61 Å². The molecule has 332 valence electrons. The summed E-state index contributed by atoms with van der Waals surface area (Å²) < 4.78 is 32.6. The van der Waals surface area contributed by atoms with Crippen LogP contribution in [-0.2, 0) is 32.7 Å². The summed E-state index contributed by atoms with van der Waals surface area (Å²) in [5.74, 6) is -1.03. The Hall–Kier alpha value is -3.59. The van der Waals surface area contributed by atoms with Gasteiger partial charge in [0, 0.05) is 19.4 Å². The van der Waals surface area contributed by atoms with Crippen LogP contribution in [0.4, 0.5) is 0 Å². The maximum absolute atomic E-state index is 12.6.